The molecule has 0 aliphatic rings. The van der Waals surface area contributed by atoms with Crippen molar-refractivity contribution in [3.05, 3.63) is 20.2 Å². The monoisotopic (exact) mass is 324 g/mol. The van der Waals surface area contributed by atoms with Gasteiger partial charge in [0.05, 0.1) is 6.42 Å². The quantitative estimate of drug-likeness (QED) is 0.875. The van der Waals surface area contributed by atoms with Gasteiger partial charge in [0.25, 0.3) is 0 Å². The number of aromatic nitrogens is 1. The molecule has 1 amide bonds. The number of aryl methyl sites for hydroxylation is 1. The van der Waals surface area contributed by atoms with Crippen molar-refractivity contribution >= 4 is 17.2 Å². The van der Waals surface area contributed by atoms with Crippen molar-refractivity contribution in [3.63, 3.8) is 0 Å². The number of hydrogen-bond donors (Lipinski definition) is 1. The number of nitrogens with one attached hydrogen (secondary N) is 1. The molecule has 1 aromatic heterocycles. The zero-order valence-electron chi connectivity index (χ0n) is 12.2. The van der Waals surface area contributed by atoms with Crippen LogP contribution in [0.2, 0.25) is 0 Å². The number of carbonyl (C=O) groups excluding carboxylic acids is 1. The Morgan fingerprint density at radius 1 is 1.38 bits per heavy atom. The molecule has 21 heavy (non-hydrogen) atoms. The molecule has 1 aromatic rings. The molecule has 0 radical (unpaired) electrons. The fourth-order valence-electron chi connectivity index (χ4n) is 1.94. The Morgan fingerprint density at radius 3 is 2.43 bits per heavy atom. The van der Waals surface area contributed by atoms with Crippen molar-refractivity contribution in [1.29, 1.82) is 0 Å². The molecule has 120 valence electrons. The first-order valence-electron chi connectivity index (χ1n) is 6.67. The molecular weight excluding hydrogens is 305 g/mol. The van der Waals surface area contributed by atoms with E-state index in [9.17, 15) is 22.8 Å². The topological polar surface area (TPSA) is 51.1 Å². The van der Waals surface area contributed by atoms with Crippen LogP contribution in [0.5, 0.6) is 0 Å². The molecule has 0 fully saturated rings. The Balaban J connectivity index is 2.56. The highest BCUT2D eigenvalue weighted by molar-refractivity contribution is 7.09. The number of rotatable bonds is 6. The van der Waals surface area contributed by atoms with Crippen molar-refractivity contribution in [2.75, 3.05) is 0 Å². The zero-order chi connectivity index (χ0) is 16.2. The fraction of sp³-hybridized carbons (Fsp3) is 0.692. The van der Waals surface area contributed by atoms with Crippen LogP contribution in [0.4, 0.5) is 13.2 Å². The van der Waals surface area contributed by atoms with Crippen LogP contribution in [0, 0.1) is 13.8 Å². The van der Waals surface area contributed by atoms with Crippen LogP contribution in [0.15, 0.2) is 4.79 Å². The van der Waals surface area contributed by atoms with Crippen LogP contribution in [-0.4, -0.2) is 22.7 Å². The van der Waals surface area contributed by atoms with E-state index >= 15 is 0 Å². The minimum absolute atomic E-state index is 0.00865. The highest BCUT2D eigenvalue weighted by Crippen LogP contribution is 2.22. The smallest absolute Gasteiger partial charge is 0.353 e. The first-order chi connectivity index (χ1) is 9.64. The third kappa shape index (κ3) is 5.53. The molecule has 1 rings (SSSR count). The van der Waals surface area contributed by atoms with E-state index in [4.69, 9.17) is 0 Å². The van der Waals surface area contributed by atoms with Gasteiger partial charge in [-0.1, -0.05) is 18.3 Å². The second-order valence-corrected chi connectivity index (χ2v) is 6.07. The summed E-state index contributed by atoms with van der Waals surface area (Å²) in [5.74, 6) is -0.471. The fourth-order valence-corrected chi connectivity index (χ4v) is 2.79. The molecule has 1 atom stereocenters. The Bertz CT molecular complexity index is 549. The number of amides is 1. The predicted octanol–water partition coefficient (Wildman–Crippen LogP) is 2.76. The van der Waals surface area contributed by atoms with E-state index in [1.807, 2.05) is 6.92 Å². The number of thiazole rings is 1. The summed E-state index contributed by atoms with van der Waals surface area (Å²) in [7, 11) is 0. The second kappa shape index (κ2) is 7.11. The van der Waals surface area contributed by atoms with Crippen molar-refractivity contribution in [2.45, 2.75) is 58.8 Å². The summed E-state index contributed by atoms with van der Waals surface area (Å²) in [5, 5.41) is 2.37. The molecule has 0 saturated carbocycles. The average Bonchev–Trinajstić information content (AvgIpc) is 2.58. The van der Waals surface area contributed by atoms with E-state index < -0.39 is 24.5 Å². The first-order valence-corrected chi connectivity index (χ1v) is 7.48. The van der Waals surface area contributed by atoms with Crippen LogP contribution < -0.4 is 10.2 Å². The van der Waals surface area contributed by atoms with E-state index in [1.165, 1.54) is 4.57 Å². The van der Waals surface area contributed by atoms with E-state index in [-0.39, 0.29) is 24.3 Å². The lowest BCUT2D eigenvalue weighted by molar-refractivity contribution is -0.142. The van der Waals surface area contributed by atoms with Gasteiger partial charge >= 0.3 is 11.0 Å². The lowest BCUT2D eigenvalue weighted by atomic mass is 10.1. The molecule has 8 heteroatoms. The van der Waals surface area contributed by atoms with Gasteiger partial charge in [0.15, 0.2) is 0 Å². The predicted molar refractivity (Wildman–Crippen MR) is 75.6 cm³/mol. The summed E-state index contributed by atoms with van der Waals surface area (Å²) in [6, 6.07) is -0.917. The summed E-state index contributed by atoms with van der Waals surface area (Å²) in [6.07, 6.45) is -5.13. The summed E-state index contributed by atoms with van der Waals surface area (Å²) in [6.45, 7) is 5.37. The van der Waals surface area contributed by atoms with Crippen molar-refractivity contribution in [1.82, 2.24) is 9.88 Å². The molecule has 0 aliphatic carbocycles. The van der Waals surface area contributed by atoms with Gasteiger partial charge in [0.2, 0.25) is 5.91 Å². The first kappa shape index (κ1) is 17.7. The summed E-state index contributed by atoms with van der Waals surface area (Å²) >= 11 is 1.10. The summed E-state index contributed by atoms with van der Waals surface area (Å²) in [5.41, 5.74) is 0.792. The van der Waals surface area contributed by atoms with Gasteiger partial charge in [0.1, 0.15) is 0 Å². The highest BCUT2D eigenvalue weighted by Gasteiger charge is 2.31. The Kier molecular flexibility index (Phi) is 6.00. The molecule has 1 N–H and O–H groups in total. The lowest BCUT2D eigenvalue weighted by Crippen LogP contribution is -2.38. The molecule has 0 saturated heterocycles. The van der Waals surface area contributed by atoms with Gasteiger partial charge in [-0.15, -0.1) is 0 Å². The summed E-state index contributed by atoms with van der Waals surface area (Å²) < 4.78 is 38.4. The van der Waals surface area contributed by atoms with Gasteiger partial charge in [-0.3, -0.25) is 9.59 Å². The third-order valence-corrected chi connectivity index (χ3v) is 4.27. The normalized spacial score (nSPS) is 13.2. The number of halogens is 3. The van der Waals surface area contributed by atoms with Crippen LogP contribution in [0.25, 0.3) is 0 Å². The van der Waals surface area contributed by atoms with Crippen LogP contribution in [0.1, 0.15) is 36.8 Å². The molecule has 0 bridgehead atoms. The number of hydrogen-bond acceptors (Lipinski definition) is 3. The SMILES string of the molecule is CC[C@H](CC(F)(F)F)NC(=O)CCn1c(C)c(C)sc1=O. The molecule has 0 aromatic carbocycles. The zero-order valence-corrected chi connectivity index (χ0v) is 13.0. The second-order valence-electron chi connectivity index (χ2n) is 4.90. The van der Waals surface area contributed by atoms with E-state index in [0.717, 1.165) is 21.9 Å². The van der Waals surface area contributed by atoms with Gasteiger partial charge in [-0.05, 0) is 20.3 Å². The third-order valence-electron chi connectivity index (χ3n) is 3.27. The van der Waals surface area contributed by atoms with Crippen LogP contribution in [-0.2, 0) is 11.3 Å². The highest BCUT2D eigenvalue weighted by atomic mass is 32.1. The molecule has 0 unspecified atom stereocenters. The maximum atomic E-state index is 12.3. The van der Waals surface area contributed by atoms with Gasteiger partial charge in [0, 0.05) is 29.6 Å². The van der Waals surface area contributed by atoms with Gasteiger partial charge < -0.3 is 9.88 Å². The van der Waals surface area contributed by atoms with Gasteiger partial charge in [-0.25, -0.2) is 0 Å². The van der Waals surface area contributed by atoms with Crippen molar-refractivity contribution < 1.29 is 18.0 Å². The standard InChI is InChI=1S/C13H19F3N2O2S/c1-4-10(7-13(14,15)16)17-11(19)5-6-18-8(2)9(3)21-12(18)20/h10H,4-7H2,1-3H3,(H,17,19)/t10-/m1/s1. The molecule has 1 heterocycles. The molecule has 4 nitrogen and oxygen atoms in total. The Hall–Kier alpha value is -1.31. The van der Waals surface area contributed by atoms with Crippen molar-refractivity contribution in [2.24, 2.45) is 0 Å². The minimum Gasteiger partial charge on any atom is -0.353 e. The Morgan fingerprint density at radius 2 is 2.00 bits per heavy atom. The average molecular weight is 324 g/mol. The number of carbonyl (C=O) groups is 1. The Labute approximate surface area is 125 Å². The molecule has 0 aliphatic heterocycles. The molecule has 0 spiro atoms. The van der Waals surface area contributed by atoms with Crippen LogP contribution >= 0.6 is 11.3 Å². The summed E-state index contributed by atoms with van der Waals surface area (Å²) in [4.78, 5) is 24.1. The van der Waals surface area contributed by atoms with E-state index in [2.05, 4.69) is 5.32 Å². The van der Waals surface area contributed by atoms with E-state index in [1.54, 1.807) is 13.8 Å². The van der Waals surface area contributed by atoms with Crippen LogP contribution in [0.3, 0.4) is 0 Å². The molecular formula is C13H19F3N2O2S. The van der Waals surface area contributed by atoms with Gasteiger partial charge in [-0.2, -0.15) is 13.2 Å². The lowest BCUT2D eigenvalue weighted by Gasteiger charge is -2.18. The van der Waals surface area contributed by atoms with Crippen molar-refractivity contribution in [3.8, 4) is 0 Å². The maximum Gasteiger partial charge on any atom is 0.391 e. The van der Waals surface area contributed by atoms with E-state index in [0.29, 0.717) is 0 Å². The largest absolute Gasteiger partial charge is 0.391 e. The minimum atomic E-state index is -4.30. The number of nitrogens with zero attached hydrogens (tertiary/aromatic N) is 1. The maximum absolute atomic E-state index is 12.3. The number of alkyl halides is 3.